The molecule has 1 heterocycles. The third-order valence-corrected chi connectivity index (χ3v) is 6.07. The Balaban J connectivity index is 0.00000320. The van der Waals surface area contributed by atoms with Crippen LogP contribution in [-0.2, 0) is 11.3 Å². The number of likely N-dealkylation sites (N-methyl/N-ethyl adjacent to an activating group) is 1. The van der Waals surface area contributed by atoms with Gasteiger partial charge in [-0.15, -0.1) is 24.0 Å². The Morgan fingerprint density at radius 3 is 2.67 bits per heavy atom. The summed E-state index contributed by atoms with van der Waals surface area (Å²) >= 11 is 0. The molecule has 1 amide bonds. The van der Waals surface area contributed by atoms with Gasteiger partial charge in [0, 0.05) is 25.3 Å². The molecular formula is C23H38IN5O. The summed E-state index contributed by atoms with van der Waals surface area (Å²) in [5.41, 5.74) is 2.46. The fourth-order valence-electron chi connectivity index (χ4n) is 4.65. The lowest BCUT2D eigenvalue weighted by atomic mass is 9.73. The van der Waals surface area contributed by atoms with Crippen LogP contribution in [0.15, 0.2) is 29.3 Å². The highest BCUT2D eigenvalue weighted by Crippen LogP contribution is 2.43. The Hall–Kier alpha value is -1.35. The van der Waals surface area contributed by atoms with E-state index in [0.29, 0.717) is 18.5 Å². The summed E-state index contributed by atoms with van der Waals surface area (Å²) in [7, 11) is 3.78. The van der Waals surface area contributed by atoms with Gasteiger partial charge in [-0.25, -0.2) is 4.99 Å². The van der Waals surface area contributed by atoms with E-state index in [9.17, 15) is 4.79 Å². The summed E-state index contributed by atoms with van der Waals surface area (Å²) in [5, 5.41) is 6.45. The lowest BCUT2D eigenvalue weighted by Gasteiger charge is -2.33. The molecule has 1 aliphatic heterocycles. The molecule has 3 rings (SSSR count). The van der Waals surface area contributed by atoms with Gasteiger partial charge >= 0.3 is 0 Å². The Morgan fingerprint density at radius 1 is 1.20 bits per heavy atom. The largest absolute Gasteiger partial charge is 0.357 e. The monoisotopic (exact) mass is 527 g/mol. The predicted molar refractivity (Wildman–Crippen MR) is 136 cm³/mol. The number of likely N-dealkylation sites (tertiary alicyclic amines) is 1. The fraction of sp³-hybridized carbons (Fsp3) is 0.652. The topological polar surface area (TPSA) is 60.0 Å². The van der Waals surface area contributed by atoms with Crippen molar-refractivity contribution in [3.8, 4) is 0 Å². The number of nitrogens with zero attached hydrogens (tertiary/aromatic N) is 3. The molecule has 1 spiro atoms. The smallest absolute Gasteiger partial charge is 0.238 e. The van der Waals surface area contributed by atoms with Gasteiger partial charge < -0.3 is 20.4 Å². The number of carbonyl (C=O) groups excluding carboxylic acids is 1. The van der Waals surface area contributed by atoms with E-state index in [2.05, 4.69) is 28.5 Å². The van der Waals surface area contributed by atoms with Crippen LogP contribution in [0.2, 0.25) is 0 Å². The maximum Gasteiger partial charge on any atom is 0.238 e. The van der Waals surface area contributed by atoms with Crippen LogP contribution in [0.4, 0.5) is 5.69 Å². The standard InChI is InChI=1S/C23H37N5O.HI/c1-4-24-22(28-14-13-23(18-28)11-6-5-7-12-23)25-16-19-9-8-10-20(15-19)26-21(29)17-27(2)3;/h8-10,15H,4-7,11-14,16-18H2,1-3H3,(H,24,25)(H,26,29);1H. The molecule has 0 atom stereocenters. The van der Waals surface area contributed by atoms with Gasteiger partial charge in [-0.3, -0.25) is 4.79 Å². The summed E-state index contributed by atoms with van der Waals surface area (Å²) in [6.45, 7) is 6.24. The van der Waals surface area contributed by atoms with Gasteiger partial charge in [0.05, 0.1) is 13.1 Å². The summed E-state index contributed by atoms with van der Waals surface area (Å²) in [5.74, 6) is 1.02. The number of guanidine groups is 1. The van der Waals surface area contributed by atoms with Crippen molar-refractivity contribution < 1.29 is 4.79 Å². The van der Waals surface area contributed by atoms with Crippen molar-refractivity contribution in [2.24, 2.45) is 10.4 Å². The third-order valence-electron chi connectivity index (χ3n) is 6.07. The number of nitrogens with one attached hydrogen (secondary N) is 2. The summed E-state index contributed by atoms with van der Waals surface area (Å²) < 4.78 is 0. The number of aliphatic imine (C=N–C) groups is 1. The molecule has 2 fully saturated rings. The van der Waals surface area contributed by atoms with Crippen LogP contribution in [0.3, 0.4) is 0 Å². The number of hydrogen-bond donors (Lipinski definition) is 2. The molecule has 30 heavy (non-hydrogen) atoms. The minimum Gasteiger partial charge on any atom is -0.357 e. The normalized spacial score (nSPS) is 18.4. The van der Waals surface area contributed by atoms with Crippen LogP contribution >= 0.6 is 24.0 Å². The zero-order valence-electron chi connectivity index (χ0n) is 18.7. The van der Waals surface area contributed by atoms with Crippen molar-refractivity contribution in [2.75, 3.05) is 45.6 Å². The Bertz CT molecular complexity index is 715. The molecule has 0 radical (unpaired) electrons. The van der Waals surface area contributed by atoms with Crippen LogP contribution in [0, 0.1) is 5.41 Å². The number of carbonyl (C=O) groups is 1. The Kier molecular flexibility index (Phi) is 9.87. The molecule has 6 nitrogen and oxygen atoms in total. The highest BCUT2D eigenvalue weighted by molar-refractivity contribution is 14.0. The second kappa shape index (κ2) is 11.9. The van der Waals surface area contributed by atoms with Crippen LogP contribution < -0.4 is 10.6 Å². The van der Waals surface area contributed by atoms with Gasteiger partial charge in [0.2, 0.25) is 5.91 Å². The molecule has 0 aromatic heterocycles. The summed E-state index contributed by atoms with van der Waals surface area (Å²) in [6, 6.07) is 8.00. The molecule has 1 aromatic carbocycles. The van der Waals surface area contributed by atoms with Gasteiger partial charge in [0.15, 0.2) is 5.96 Å². The van der Waals surface area contributed by atoms with Crippen molar-refractivity contribution >= 4 is 41.5 Å². The molecule has 1 saturated heterocycles. The maximum absolute atomic E-state index is 12.0. The SMILES string of the molecule is CCNC(=NCc1cccc(NC(=O)CN(C)C)c1)N1CCC2(CCCCC2)C1.I. The molecule has 7 heteroatoms. The van der Waals surface area contributed by atoms with E-state index < -0.39 is 0 Å². The molecule has 0 unspecified atom stereocenters. The van der Waals surface area contributed by atoms with Crippen LogP contribution in [0.25, 0.3) is 0 Å². The molecule has 0 bridgehead atoms. The zero-order valence-corrected chi connectivity index (χ0v) is 21.1. The molecule has 2 N–H and O–H groups in total. The first kappa shape index (κ1) is 24.9. The number of hydrogen-bond acceptors (Lipinski definition) is 3. The van der Waals surface area contributed by atoms with Crippen molar-refractivity contribution in [1.82, 2.24) is 15.1 Å². The summed E-state index contributed by atoms with van der Waals surface area (Å²) in [6.07, 6.45) is 8.21. The minimum atomic E-state index is -0.00108. The highest BCUT2D eigenvalue weighted by atomic mass is 127. The number of benzene rings is 1. The van der Waals surface area contributed by atoms with Crippen LogP contribution in [-0.4, -0.2) is 61.9 Å². The quantitative estimate of drug-likeness (QED) is 0.335. The van der Waals surface area contributed by atoms with E-state index in [1.807, 2.05) is 37.2 Å². The highest BCUT2D eigenvalue weighted by Gasteiger charge is 2.39. The molecule has 1 aromatic rings. The van der Waals surface area contributed by atoms with Gasteiger partial charge in [0.25, 0.3) is 0 Å². The van der Waals surface area contributed by atoms with E-state index in [1.54, 1.807) is 0 Å². The van der Waals surface area contributed by atoms with E-state index in [0.717, 1.165) is 36.8 Å². The van der Waals surface area contributed by atoms with Crippen molar-refractivity contribution in [3.05, 3.63) is 29.8 Å². The number of anilines is 1. The first-order chi connectivity index (χ1) is 14.0. The molecule has 2 aliphatic rings. The number of halogens is 1. The van der Waals surface area contributed by atoms with Crippen molar-refractivity contribution in [3.63, 3.8) is 0 Å². The molecular weight excluding hydrogens is 489 g/mol. The summed E-state index contributed by atoms with van der Waals surface area (Å²) in [4.78, 5) is 21.3. The lowest BCUT2D eigenvalue weighted by Crippen LogP contribution is -2.41. The van der Waals surface area contributed by atoms with E-state index in [1.165, 1.54) is 38.5 Å². The van der Waals surface area contributed by atoms with E-state index in [-0.39, 0.29) is 29.9 Å². The average Bonchev–Trinajstić information content (AvgIpc) is 3.08. The Labute approximate surface area is 198 Å². The lowest BCUT2D eigenvalue weighted by molar-refractivity contribution is -0.116. The fourth-order valence-corrected chi connectivity index (χ4v) is 4.65. The predicted octanol–water partition coefficient (Wildman–Crippen LogP) is 3.93. The van der Waals surface area contributed by atoms with Gasteiger partial charge in [-0.2, -0.15) is 0 Å². The maximum atomic E-state index is 12.0. The first-order valence-electron chi connectivity index (χ1n) is 11.1. The molecule has 1 aliphatic carbocycles. The van der Waals surface area contributed by atoms with Gasteiger partial charge in [-0.1, -0.05) is 31.4 Å². The first-order valence-corrected chi connectivity index (χ1v) is 11.1. The number of rotatable bonds is 6. The van der Waals surface area contributed by atoms with Crippen LogP contribution in [0.1, 0.15) is 51.0 Å². The molecule has 1 saturated carbocycles. The Morgan fingerprint density at radius 2 is 1.97 bits per heavy atom. The average molecular weight is 527 g/mol. The number of amides is 1. The second-order valence-corrected chi connectivity index (χ2v) is 8.89. The van der Waals surface area contributed by atoms with Crippen molar-refractivity contribution in [1.29, 1.82) is 0 Å². The van der Waals surface area contributed by atoms with Gasteiger partial charge in [-0.05, 0) is 63.4 Å². The van der Waals surface area contributed by atoms with Crippen LogP contribution in [0.5, 0.6) is 0 Å². The van der Waals surface area contributed by atoms with Gasteiger partial charge in [0.1, 0.15) is 0 Å². The van der Waals surface area contributed by atoms with Crippen molar-refractivity contribution in [2.45, 2.75) is 52.0 Å². The third kappa shape index (κ3) is 7.11. The van der Waals surface area contributed by atoms with E-state index >= 15 is 0 Å². The molecule has 168 valence electrons. The second-order valence-electron chi connectivity index (χ2n) is 8.89. The minimum absolute atomic E-state index is 0. The zero-order chi connectivity index (χ0) is 20.7. The van der Waals surface area contributed by atoms with E-state index in [4.69, 9.17) is 4.99 Å².